The lowest BCUT2D eigenvalue weighted by molar-refractivity contribution is 0.318. The van der Waals surface area contributed by atoms with Crippen LogP contribution in [0.1, 0.15) is 17.0 Å². The summed E-state index contributed by atoms with van der Waals surface area (Å²) in [7, 11) is 0. The van der Waals surface area contributed by atoms with Crippen LogP contribution < -0.4 is 5.73 Å². The summed E-state index contributed by atoms with van der Waals surface area (Å²) in [4.78, 5) is 8.27. The summed E-state index contributed by atoms with van der Waals surface area (Å²) in [5.74, 6) is 0.578. The number of rotatable bonds is 4. The molecule has 0 spiro atoms. The zero-order chi connectivity index (χ0) is 13.0. The third kappa shape index (κ3) is 2.80. The highest BCUT2D eigenvalue weighted by Gasteiger charge is 2.10. The molecule has 0 bridgehead atoms. The van der Waals surface area contributed by atoms with E-state index in [4.69, 9.17) is 15.4 Å². The molecule has 0 amide bonds. The van der Waals surface area contributed by atoms with Crippen LogP contribution in [0, 0.1) is 6.92 Å². The molecule has 0 saturated carbocycles. The first kappa shape index (κ1) is 12.4. The average molecular weight is 264 g/mol. The minimum atomic E-state index is -0.00483. The molecule has 0 saturated heterocycles. The minimum absolute atomic E-state index is 0.00483. The second-order valence-corrected chi connectivity index (χ2v) is 4.47. The summed E-state index contributed by atoms with van der Waals surface area (Å²) in [6.07, 6.45) is 3.19. The summed E-state index contributed by atoms with van der Waals surface area (Å²) in [6.45, 7) is 1.86. The van der Waals surface area contributed by atoms with Crippen LogP contribution >= 0.6 is 11.8 Å². The molecule has 3 N–H and O–H groups in total. The third-order valence-corrected chi connectivity index (χ3v) is 3.08. The monoisotopic (exact) mass is 264 g/mol. The van der Waals surface area contributed by atoms with E-state index < -0.39 is 0 Å². The van der Waals surface area contributed by atoms with Crippen molar-refractivity contribution in [3.8, 4) is 0 Å². The fourth-order valence-corrected chi connectivity index (χ4v) is 2.21. The van der Waals surface area contributed by atoms with Crippen LogP contribution in [0.15, 0.2) is 39.4 Å². The van der Waals surface area contributed by atoms with Gasteiger partial charge in [0.15, 0.2) is 5.84 Å². The second-order valence-electron chi connectivity index (χ2n) is 3.54. The van der Waals surface area contributed by atoms with E-state index in [1.807, 2.05) is 13.0 Å². The molecule has 6 nitrogen and oxygen atoms in total. The molecule has 0 unspecified atom stereocenters. The number of thioether (sulfide) groups is 1. The van der Waals surface area contributed by atoms with Crippen LogP contribution in [0.3, 0.4) is 0 Å². The summed E-state index contributed by atoms with van der Waals surface area (Å²) < 4.78 is 5.23. The molecule has 0 aliphatic heterocycles. The van der Waals surface area contributed by atoms with Gasteiger partial charge < -0.3 is 15.4 Å². The zero-order valence-corrected chi connectivity index (χ0v) is 10.5. The Balaban J connectivity index is 2.14. The fraction of sp³-hybridized carbons (Fsp3) is 0.182. The van der Waals surface area contributed by atoms with E-state index >= 15 is 0 Å². The third-order valence-electron chi connectivity index (χ3n) is 2.19. The van der Waals surface area contributed by atoms with Gasteiger partial charge in [-0.05, 0) is 18.6 Å². The summed E-state index contributed by atoms with van der Waals surface area (Å²) in [5.41, 5.74) is 7.71. The second kappa shape index (κ2) is 5.54. The lowest BCUT2D eigenvalue weighted by Crippen LogP contribution is -2.17. The quantitative estimate of drug-likeness (QED) is 0.287. The van der Waals surface area contributed by atoms with Gasteiger partial charge >= 0.3 is 0 Å². The molecule has 0 fully saturated rings. The van der Waals surface area contributed by atoms with Crippen molar-refractivity contribution in [2.75, 3.05) is 0 Å². The van der Waals surface area contributed by atoms with Crippen molar-refractivity contribution in [2.45, 2.75) is 17.9 Å². The van der Waals surface area contributed by atoms with Crippen LogP contribution in [0.25, 0.3) is 0 Å². The van der Waals surface area contributed by atoms with E-state index in [9.17, 15) is 0 Å². The lowest BCUT2D eigenvalue weighted by atomic mass is 10.2. The maximum absolute atomic E-state index is 8.69. The normalized spacial score (nSPS) is 11.7. The van der Waals surface area contributed by atoms with Gasteiger partial charge in [-0.25, -0.2) is 4.98 Å². The first-order valence-electron chi connectivity index (χ1n) is 5.17. The van der Waals surface area contributed by atoms with Crippen molar-refractivity contribution < 1.29 is 9.62 Å². The van der Waals surface area contributed by atoms with Crippen molar-refractivity contribution in [3.63, 3.8) is 0 Å². The van der Waals surface area contributed by atoms with Gasteiger partial charge in [-0.1, -0.05) is 23.0 Å². The number of pyridine rings is 1. The average Bonchev–Trinajstić information content (AvgIpc) is 2.81. The highest BCUT2D eigenvalue weighted by molar-refractivity contribution is 7.98. The molecule has 0 aliphatic carbocycles. The van der Waals surface area contributed by atoms with Crippen molar-refractivity contribution in [1.82, 2.24) is 9.97 Å². The van der Waals surface area contributed by atoms with E-state index in [2.05, 4.69) is 15.1 Å². The molecule has 0 radical (unpaired) electrons. The van der Waals surface area contributed by atoms with Gasteiger partial charge in [0.2, 0.25) is 0 Å². The lowest BCUT2D eigenvalue weighted by Gasteiger charge is -2.04. The molecule has 2 aromatic rings. The topological polar surface area (TPSA) is 97.5 Å². The van der Waals surface area contributed by atoms with Crippen LogP contribution in [0.4, 0.5) is 0 Å². The smallest absolute Gasteiger partial charge is 0.256 e. The molecule has 2 aromatic heterocycles. The largest absolute Gasteiger partial charge is 0.440 e. The van der Waals surface area contributed by atoms with Crippen molar-refractivity contribution in [3.05, 3.63) is 41.5 Å². The maximum atomic E-state index is 8.69. The van der Waals surface area contributed by atoms with Crippen LogP contribution in [-0.4, -0.2) is 21.0 Å². The number of hydrogen-bond donors (Lipinski definition) is 2. The predicted molar refractivity (Wildman–Crippen MR) is 67.5 cm³/mol. The molecule has 2 heterocycles. The van der Waals surface area contributed by atoms with Gasteiger partial charge in [0.1, 0.15) is 12.0 Å². The highest BCUT2D eigenvalue weighted by atomic mass is 32.2. The number of nitrogens with zero attached hydrogens (tertiary/aromatic N) is 3. The first-order valence-corrected chi connectivity index (χ1v) is 6.16. The number of hydrogen-bond acceptors (Lipinski definition) is 6. The Morgan fingerprint density at radius 2 is 2.44 bits per heavy atom. The minimum Gasteiger partial charge on any atom is -0.440 e. The Morgan fingerprint density at radius 3 is 3.11 bits per heavy atom. The van der Waals surface area contributed by atoms with E-state index in [1.165, 1.54) is 11.8 Å². The van der Waals surface area contributed by atoms with Crippen molar-refractivity contribution in [2.24, 2.45) is 10.9 Å². The van der Waals surface area contributed by atoms with Crippen LogP contribution in [0.2, 0.25) is 0 Å². The molecular weight excluding hydrogens is 252 g/mol. The number of oxazole rings is 1. The van der Waals surface area contributed by atoms with Gasteiger partial charge in [-0.2, -0.15) is 0 Å². The van der Waals surface area contributed by atoms with E-state index in [0.717, 1.165) is 11.3 Å². The van der Waals surface area contributed by atoms with Gasteiger partial charge in [-0.3, -0.25) is 4.98 Å². The van der Waals surface area contributed by atoms with Crippen LogP contribution in [0.5, 0.6) is 0 Å². The van der Waals surface area contributed by atoms with Gasteiger partial charge in [-0.15, -0.1) is 0 Å². The Bertz CT molecular complexity index is 568. The molecular formula is C11H12N4O2S. The van der Waals surface area contributed by atoms with Crippen LogP contribution in [-0.2, 0) is 5.75 Å². The van der Waals surface area contributed by atoms with Gasteiger partial charge in [0.05, 0.1) is 5.69 Å². The molecule has 0 aliphatic rings. The van der Waals surface area contributed by atoms with Crippen molar-refractivity contribution >= 4 is 17.6 Å². The predicted octanol–water partition coefficient (Wildman–Crippen LogP) is 1.76. The van der Waals surface area contributed by atoms with E-state index in [-0.39, 0.29) is 5.84 Å². The summed E-state index contributed by atoms with van der Waals surface area (Å²) >= 11 is 1.43. The zero-order valence-electron chi connectivity index (χ0n) is 9.70. The summed E-state index contributed by atoms with van der Waals surface area (Å²) in [5, 5.41) is 12.2. The Morgan fingerprint density at radius 1 is 1.61 bits per heavy atom. The molecule has 94 valence electrons. The molecule has 18 heavy (non-hydrogen) atoms. The molecule has 0 atom stereocenters. The standard InChI is InChI=1S/C11H12N4O2S/c1-7-5-17-11(14-7)18-6-8-3-2-4-13-9(8)10(12)15-16/h2-5,16H,6H2,1H3,(H2,12,15). The number of aryl methyl sites for hydroxylation is 1. The van der Waals surface area contributed by atoms with E-state index in [1.54, 1.807) is 18.5 Å². The number of amidine groups is 1. The molecule has 2 rings (SSSR count). The van der Waals surface area contributed by atoms with E-state index in [0.29, 0.717) is 16.7 Å². The number of aromatic nitrogens is 2. The Hall–Kier alpha value is -2.02. The Kier molecular flexibility index (Phi) is 3.83. The fourth-order valence-electron chi connectivity index (χ4n) is 1.37. The number of oxime groups is 1. The maximum Gasteiger partial charge on any atom is 0.256 e. The summed E-state index contributed by atoms with van der Waals surface area (Å²) in [6, 6.07) is 3.66. The SMILES string of the molecule is Cc1coc(SCc2cccnc2/C(N)=N/O)n1. The molecule has 7 heteroatoms. The Labute approximate surface area is 108 Å². The highest BCUT2D eigenvalue weighted by Crippen LogP contribution is 2.22. The molecule has 0 aromatic carbocycles. The first-order chi connectivity index (χ1) is 8.70. The van der Waals surface area contributed by atoms with Gasteiger partial charge in [0.25, 0.3) is 5.22 Å². The van der Waals surface area contributed by atoms with Crippen molar-refractivity contribution in [1.29, 1.82) is 0 Å². The number of nitrogens with two attached hydrogens (primary N) is 1. The van der Waals surface area contributed by atoms with Gasteiger partial charge in [0, 0.05) is 11.9 Å².